The van der Waals surface area contributed by atoms with Crippen LogP contribution in [-0.4, -0.2) is 14.5 Å². The molecule has 0 radical (unpaired) electrons. The number of aromatic nitrogens is 3. The average Bonchev–Trinajstić information content (AvgIpc) is 3.40. The Labute approximate surface area is 229 Å². The molecule has 0 spiro atoms. The minimum absolute atomic E-state index is 0.0949. The van der Waals surface area contributed by atoms with E-state index in [2.05, 4.69) is 107 Å². The van der Waals surface area contributed by atoms with Crippen molar-refractivity contribution in [2.45, 2.75) is 19.3 Å². The molecule has 1 aliphatic rings. The smallest absolute Gasteiger partial charge is 0.309 e. The minimum Gasteiger partial charge on any atom is -0.309 e. The highest BCUT2D eigenvalue weighted by molar-refractivity contribution is 6.12. The zero-order valence-corrected chi connectivity index (χ0v) is 22.1. The quantitative estimate of drug-likeness (QED) is 0.252. The maximum atomic E-state index is 12.5. The van der Waals surface area contributed by atoms with Gasteiger partial charge in [-0.3, -0.25) is 9.78 Å². The zero-order chi connectivity index (χ0) is 27.2. The molecule has 5 heteroatoms. The van der Waals surface area contributed by atoms with Crippen LogP contribution in [0, 0.1) is 0 Å². The Kier molecular flexibility index (Phi) is 4.52. The molecule has 1 aliphatic carbocycles. The molecule has 0 amide bonds. The van der Waals surface area contributed by atoms with Gasteiger partial charge in [-0.25, -0.2) is 4.79 Å². The number of benzene rings is 5. The Morgan fingerprint density at radius 2 is 1.30 bits per heavy atom. The van der Waals surface area contributed by atoms with Gasteiger partial charge in [-0.15, -0.1) is 0 Å². The first-order chi connectivity index (χ1) is 19.4. The van der Waals surface area contributed by atoms with Crippen molar-refractivity contribution in [3.8, 4) is 27.9 Å². The molecule has 7 aromatic rings. The number of hydrogen-bond acceptors (Lipinski definition) is 2. The van der Waals surface area contributed by atoms with Gasteiger partial charge in [-0.05, 0) is 81.9 Å². The van der Waals surface area contributed by atoms with Crippen LogP contribution in [0.2, 0.25) is 0 Å². The summed E-state index contributed by atoms with van der Waals surface area (Å²) in [5.41, 5.74) is 10.1. The largest absolute Gasteiger partial charge is 0.326 e. The summed E-state index contributed by atoms with van der Waals surface area (Å²) in [6, 6.07) is 36.0. The first kappa shape index (κ1) is 22.8. The minimum atomic E-state index is -0.502. The number of hydrogen-bond donors (Lipinski definition) is 2. The molecule has 0 saturated carbocycles. The predicted octanol–water partition coefficient (Wildman–Crippen LogP) is 7.29. The van der Waals surface area contributed by atoms with Crippen molar-refractivity contribution >= 4 is 32.7 Å². The highest BCUT2D eigenvalue weighted by atomic mass is 16.2. The summed E-state index contributed by atoms with van der Waals surface area (Å²) >= 11 is 0. The normalized spacial score (nSPS) is 13.7. The highest BCUT2D eigenvalue weighted by Gasteiger charge is 2.36. The van der Waals surface area contributed by atoms with Crippen LogP contribution in [0.15, 0.2) is 113 Å². The van der Waals surface area contributed by atoms with Gasteiger partial charge in [0, 0.05) is 21.9 Å². The summed E-state index contributed by atoms with van der Waals surface area (Å²) < 4.78 is 2.35. The topological polar surface area (TPSA) is 70.7 Å². The number of H-pyrrole nitrogens is 2. The number of nitrogens with zero attached hydrogens (tertiary/aromatic N) is 1. The van der Waals surface area contributed by atoms with Crippen molar-refractivity contribution < 1.29 is 0 Å². The molecule has 0 unspecified atom stereocenters. The Balaban J connectivity index is 1.44. The second-order valence-electron chi connectivity index (χ2n) is 11.2. The standard InChI is InChI=1S/C35H25N3O2/c1-35(2)28-11-7-6-10-23(28)24-18-26-25-16-21(20-12-14-30-27(17-20)33(39)37-34(40)36-30)13-15-31(25)38(32(26)19-29(24)35)22-8-4-3-5-9-22/h3-19H,1-2H3,(H2,36,37,39,40). The lowest BCUT2D eigenvalue weighted by Crippen LogP contribution is -2.21. The first-order valence-corrected chi connectivity index (χ1v) is 13.4. The summed E-state index contributed by atoms with van der Waals surface area (Å²) in [6.45, 7) is 4.62. The lowest BCUT2D eigenvalue weighted by molar-refractivity contribution is 0.661. The summed E-state index contributed by atoms with van der Waals surface area (Å²) in [4.78, 5) is 29.3. The lowest BCUT2D eigenvalue weighted by atomic mass is 9.82. The van der Waals surface area contributed by atoms with Gasteiger partial charge in [0.05, 0.1) is 21.9 Å². The fraction of sp³-hybridized carbons (Fsp3) is 0.0857. The summed E-state index contributed by atoms with van der Waals surface area (Å²) in [7, 11) is 0. The molecule has 8 rings (SSSR count). The summed E-state index contributed by atoms with van der Waals surface area (Å²) in [5.74, 6) is 0. The van der Waals surface area contributed by atoms with Crippen molar-refractivity contribution in [1.82, 2.24) is 14.5 Å². The highest BCUT2D eigenvalue weighted by Crippen LogP contribution is 2.51. The Bertz CT molecular complexity index is 2290. The summed E-state index contributed by atoms with van der Waals surface area (Å²) in [6.07, 6.45) is 0. The zero-order valence-electron chi connectivity index (χ0n) is 22.1. The Morgan fingerprint density at radius 3 is 2.12 bits per heavy atom. The fourth-order valence-corrected chi connectivity index (χ4v) is 6.59. The molecule has 0 atom stereocenters. The van der Waals surface area contributed by atoms with Gasteiger partial charge in [0.1, 0.15) is 0 Å². The van der Waals surface area contributed by atoms with Gasteiger partial charge >= 0.3 is 5.69 Å². The van der Waals surface area contributed by atoms with E-state index in [-0.39, 0.29) is 11.0 Å². The van der Waals surface area contributed by atoms with Gasteiger partial charge in [0.25, 0.3) is 5.56 Å². The van der Waals surface area contributed by atoms with Gasteiger partial charge in [0.15, 0.2) is 0 Å². The van der Waals surface area contributed by atoms with E-state index in [1.54, 1.807) is 6.07 Å². The molecule has 0 saturated heterocycles. The molecule has 2 heterocycles. The van der Waals surface area contributed by atoms with Crippen molar-refractivity contribution in [1.29, 1.82) is 0 Å². The number of rotatable bonds is 2. The number of nitrogens with one attached hydrogen (secondary N) is 2. The average molecular weight is 520 g/mol. The molecule has 0 fully saturated rings. The van der Waals surface area contributed by atoms with E-state index in [1.807, 2.05) is 18.2 Å². The lowest BCUT2D eigenvalue weighted by Gasteiger charge is -2.21. The van der Waals surface area contributed by atoms with Gasteiger partial charge in [-0.2, -0.15) is 0 Å². The van der Waals surface area contributed by atoms with E-state index >= 15 is 0 Å². The van der Waals surface area contributed by atoms with Crippen molar-refractivity contribution in [2.24, 2.45) is 0 Å². The van der Waals surface area contributed by atoms with E-state index in [0.717, 1.165) is 27.7 Å². The van der Waals surface area contributed by atoms with Gasteiger partial charge < -0.3 is 9.55 Å². The third kappa shape index (κ3) is 3.09. The van der Waals surface area contributed by atoms with Crippen molar-refractivity contribution in [2.75, 3.05) is 0 Å². The van der Waals surface area contributed by atoms with Crippen molar-refractivity contribution in [3.05, 3.63) is 135 Å². The van der Waals surface area contributed by atoms with Crippen LogP contribution < -0.4 is 11.2 Å². The molecular weight excluding hydrogens is 494 g/mol. The second kappa shape index (κ2) is 7.93. The van der Waals surface area contributed by atoms with Gasteiger partial charge in [-0.1, -0.05) is 68.4 Å². The van der Waals surface area contributed by atoms with E-state index < -0.39 is 5.69 Å². The van der Waals surface area contributed by atoms with Crippen LogP contribution in [-0.2, 0) is 5.41 Å². The number of fused-ring (bicyclic) bond motifs is 7. The second-order valence-corrected chi connectivity index (χ2v) is 11.2. The molecule has 2 N–H and O–H groups in total. The maximum Gasteiger partial charge on any atom is 0.326 e. The van der Waals surface area contributed by atoms with Crippen LogP contribution in [0.4, 0.5) is 0 Å². The molecule has 0 bridgehead atoms. The number of para-hydroxylation sites is 1. The van der Waals surface area contributed by atoms with E-state index in [9.17, 15) is 9.59 Å². The van der Waals surface area contributed by atoms with Crippen molar-refractivity contribution in [3.63, 3.8) is 0 Å². The van der Waals surface area contributed by atoms with Crippen LogP contribution in [0.5, 0.6) is 0 Å². The SMILES string of the molecule is CC1(C)c2ccccc2-c2cc3c4cc(-c5ccc6[nH]c(=O)[nH]c(=O)c6c5)ccc4n(-c4ccccc4)c3cc21. The van der Waals surface area contributed by atoms with Gasteiger partial charge in [0.2, 0.25) is 0 Å². The fourth-order valence-electron chi connectivity index (χ4n) is 6.59. The molecular formula is C35H25N3O2. The third-order valence-electron chi connectivity index (χ3n) is 8.56. The molecule has 0 aliphatic heterocycles. The monoisotopic (exact) mass is 519 g/mol. The van der Waals surface area contributed by atoms with Crippen LogP contribution >= 0.6 is 0 Å². The third-order valence-corrected chi connectivity index (χ3v) is 8.56. The molecule has 5 nitrogen and oxygen atoms in total. The van der Waals surface area contributed by atoms with E-state index in [0.29, 0.717) is 10.9 Å². The van der Waals surface area contributed by atoms with Crippen LogP contribution in [0.25, 0.3) is 60.6 Å². The van der Waals surface area contributed by atoms with E-state index in [1.165, 1.54) is 33.2 Å². The summed E-state index contributed by atoms with van der Waals surface area (Å²) in [5, 5.41) is 2.80. The molecule has 5 aromatic carbocycles. The predicted molar refractivity (Wildman–Crippen MR) is 163 cm³/mol. The first-order valence-electron chi connectivity index (χ1n) is 13.4. The molecule has 2 aromatic heterocycles. The molecule has 40 heavy (non-hydrogen) atoms. The Hall–Kier alpha value is -5.16. The maximum absolute atomic E-state index is 12.5. The number of aromatic amines is 2. The molecule has 192 valence electrons. The van der Waals surface area contributed by atoms with Crippen LogP contribution in [0.3, 0.4) is 0 Å². The van der Waals surface area contributed by atoms with E-state index in [4.69, 9.17) is 0 Å². The van der Waals surface area contributed by atoms with Crippen LogP contribution in [0.1, 0.15) is 25.0 Å². The Morgan fingerprint density at radius 1 is 0.600 bits per heavy atom.